The first-order valence-corrected chi connectivity index (χ1v) is 6.74. The topological polar surface area (TPSA) is 56.7 Å². The van der Waals surface area contributed by atoms with Crippen molar-refractivity contribution in [2.45, 2.75) is 13.8 Å². The van der Waals surface area contributed by atoms with Gasteiger partial charge in [-0.1, -0.05) is 15.9 Å². The lowest BCUT2D eigenvalue weighted by atomic mass is 10.1. The van der Waals surface area contributed by atoms with Crippen molar-refractivity contribution in [2.24, 2.45) is 0 Å². The molecule has 5 heteroatoms. The number of hydrogen-bond acceptors (Lipinski definition) is 3. The molecule has 0 unspecified atom stereocenters. The molecule has 96 valence electrons. The van der Waals surface area contributed by atoms with Crippen molar-refractivity contribution in [3.63, 3.8) is 0 Å². The predicted octanol–water partition coefficient (Wildman–Crippen LogP) is 3.38. The molecule has 0 aliphatic rings. The van der Waals surface area contributed by atoms with Crippen LogP contribution in [0.3, 0.4) is 0 Å². The van der Waals surface area contributed by atoms with Crippen molar-refractivity contribution in [2.75, 3.05) is 5.73 Å². The van der Waals surface area contributed by atoms with E-state index in [1.807, 2.05) is 30.3 Å². The number of rotatable bonds is 1. The molecule has 0 saturated carbocycles. The smallest absolute Gasteiger partial charge is 0.115 e. The van der Waals surface area contributed by atoms with Gasteiger partial charge >= 0.3 is 0 Å². The molecule has 0 spiro atoms. The van der Waals surface area contributed by atoms with E-state index >= 15 is 0 Å². The van der Waals surface area contributed by atoms with Gasteiger partial charge in [-0.2, -0.15) is 4.80 Å². The number of aromatic nitrogens is 3. The number of anilines is 1. The van der Waals surface area contributed by atoms with Crippen LogP contribution in [0.2, 0.25) is 0 Å². The monoisotopic (exact) mass is 316 g/mol. The van der Waals surface area contributed by atoms with E-state index in [9.17, 15) is 0 Å². The summed E-state index contributed by atoms with van der Waals surface area (Å²) in [5.41, 5.74) is 11.4. The Labute approximate surface area is 119 Å². The van der Waals surface area contributed by atoms with Crippen LogP contribution in [0.1, 0.15) is 11.1 Å². The van der Waals surface area contributed by atoms with Crippen molar-refractivity contribution >= 4 is 32.7 Å². The third kappa shape index (κ3) is 2.00. The molecule has 2 N–H and O–H groups in total. The summed E-state index contributed by atoms with van der Waals surface area (Å²) in [5.74, 6) is 0. The van der Waals surface area contributed by atoms with Gasteiger partial charge in [-0.05, 0) is 55.3 Å². The van der Waals surface area contributed by atoms with Gasteiger partial charge in [0.2, 0.25) is 0 Å². The molecule has 4 nitrogen and oxygen atoms in total. The summed E-state index contributed by atoms with van der Waals surface area (Å²) in [6.45, 7) is 4.14. The zero-order chi connectivity index (χ0) is 13.6. The first-order valence-electron chi connectivity index (χ1n) is 5.95. The summed E-state index contributed by atoms with van der Waals surface area (Å²) in [4.78, 5) is 1.67. The molecule has 0 bridgehead atoms. The van der Waals surface area contributed by atoms with Gasteiger partial charge in [0, 0.05) is 10.2 Å². The molecule has 1 aromatic heterocycles. The molecular formula is C14H13BrN4. The average molecular weight is 317 g/mol. The quantitative estimate of drug-likeness (QED) is 0.700. The Morgan fingerprint density at radius 3 is 2.53 bits per heavy atom. The van der Waals surface area contributed by atoms with Gasteiger partial charge in [-0.15, -0.1) is 10.2 Å². The molecule has 0 fully saturated rings. The molecule has 0 radical (unpaired) electrons. The highest BCUT2D eigenvalue weighted by molar-refractivity contribution is 9.10. The van der Waals surface area contributed by atoms with E-state index < -0.39 is 0 Å². The third-order valence-electron chi connectivity index (χ3n) is 3.31. The number of nitrogen functional groups attached to an aromatic ring is 1. The van der Waals surface area contributed by atoms with Crippen molar-refractivity contribution in [1.29, 1.82) is 0 Å². The normalized spacial score (nSPS) is 11.1. The van der Waals surface area contributed by atoms with E-state index in [4.69, 9.17) is 5.73 Å². The van der Waals surface area contributed by atoms with Gasteiger partial charge in [-0.3, -0.25) is 0 Å². The van der Waals surface area contributed by atoms with Gasteiger partial charge in [0.1, 0.15) is 11.0 Å². The first-order chi connectivity index (χ1) is 9.06. The Morgan fingerprint density at radius 1 is 1.00 bits per heavy atom. The first kappa shape index (κ1) is 12.2. The van der Waals surface area contributed by atoms with E-state index in [0.717, 1.165) is 26.8 Å². The van der Waals surface area contributed by atoms with E-state index in [1.165, 1.54) is 5.56 Å². The number of halogens is 1. The van der Waals surface area contributed by atoms with Crippen LogP contribution in [0, 0.1) is 13.8 Å². The minimum Gasteiger partial charge on any atom is -0.399 e. The van der Waals surface area contributed by atoms with Crippen LogP contribution in [0.15, 0.2) is 34.8 Å². The van der Waals surface area contributed by atoms with E-state index in [1.54, 1.807) is 4.80 Å². The van der Waals surface area contributed by atoms with Crippen LogP contribution in [0.4, 0.5) is 5.69 Å². The lowest BCUT2D eigenvalue weighted by Gasteiger charge is -2.08. The maximum atomic E-state index is 5.76. The average Bonchev–Trinajstić information content (AvgIpc) is 2.78. The highest BCUT2D eigenvalue weighted by Gasteiger charge is 2.10. The van der Waals surface area contributed by atoms with Gasteiger partial charge in [-0.25, -0.2) is 0 Å². The number of nitrogens with zero attached hydrogens (tertiary/aromatic N) is 3. The summed E-state index contributed by atoms with van der Waals surface area (Å²) >= 11 is 3.53. The second-order valence-corrected chi connectivity index (χ2v) is 5.41. The van der Waals surface area contributed by atoms with Crippen molar-refractivity contribution in [1.82, 2.24) is 15.0 Å². The summed E-state index contributed by atoms with van der Waals surface area (Å²) in [5, 5.41) is 8.98. The van der Waals surface area contributed by atoms with Gasteiger partial charge in [0.05, 0.1) is 5.69 Å². The Hall–Kier alpha value is -1.88. The summed E-state index contributed by atoms with van der Waals surface area (Å²) in [6, 6.07) is 9.57. The fourth-order valence-electron chi connectivity index (χ4n) is 2.03. The zero-order valence-corrected chi connectivity index (χ0v) is 12.3. The van der Waals surface area contributed by atoms with E-state index in [0.29, 0.717) is 5.69 Å². The van der Waals surface area contributed by atoms with Gasteiger partial charge in [0.25, 0.3) is 0 Å². The molecule has 3 rings (SSSR count). The second kappa shape index (κ2) is 4.35. The summed E-state index contributed by atoms with van der Waals surface area (Å²) in [6.07, 6.45) is 0. The Morgan fingerprint density at radius 2 is 1.74 bits per heavy atom. The Balaban J connectivity index is 2.22. The number of fused-ring (bicyclic) bond motifs is 1. The summed E-state index contributed by atoms with van der Waals surface area (Å²) < 4.78 is 1.09. The standard InChI is InChI=1S/C14H13BrN4/c1-8-9(2)14(6-4-11(8)15)19-17-12-5-3-10(16)7-13(12)18-19/h3-7H,16H2,1-2H3. The Kier molecular flexibility index (Phi) is 2.78. The van der Waals surface area contributed by atoms with Crippen LogP contribution in [0.25, 0.3) is 16.7 Å². The van der Waals surface area contributed by atoms with Crippen molar-refractivity contribution in [3.8, 4) is 5.69 Å². The number of nitrogens with two attached hydrogens (primary N) is 1. The lowest BCUT2D eigenvalue weighted by Crippen LogP contribution is -2.02. The van der Waals surface area contributed by atoms with Gasteiger partial charge in [0.15, 0.2) is 0 Å². The maximum Gasteiger partial charge on any atom is 0.115 e. The van der Waals surface area contributed by atoms with Crippen LogP contribution in [-0.2, 0) is 0 Å². The van der Waals surface area contributed by atoms with Crippen molar-refractivity contribution in [3.05, 3.63) is 45.9 Å². The molecule has 0 saturated heterocycles. The lowest BCUT2D eigenvalue weighted by molar-refractivity contribution is 0.759. The third-order valence-corrected chi connectivity index (χ3v) is 4.17. The molecule has 1 heterocycles. The van der Waals surface area contributed by atoms with E-state index in [2.05, 4.69) is 40.0 Å². The molecule has 3 aromatic rings. The molecule has 0 aliphatic heterocycles. The maximum absolute atomic E-state index is 5.76. The minimum absolute atomic E-state index is 0.697. The molecule has 0 atom stereocenters. The minimum atomic E-state index is 0.697. The Bertz CT molecular complexity index is 776. The molecule has 2 aromatic carbocycles. The van der Waals surface area contributed by atoms with Gasteiger partial charge < -0.3 is 5.73 Å². The zero-order valence-electron chi connectivity index (χ0n) is 10.7. The molecular weight excluding hydrogens is 304 g/mol. The highest BCUT2D eigenvalue weighted by Crippen LogP contribution is 2.25. The van der Waals surface area contributed by atoms with Crippen LogP contribution in [-0.4, -0.2) is 15.0 Å². The summed E-state index contributed by atoms with van der Waals surface area (Å²) in [7, 11) is 0. The molecule has 0 aliphatic carbocycles. The van der Waals surface area contributed by atoms with E-state index in [-0.39, 0.29) is 0 Å². The van der Waals surface area contributed by atoms with Crippen LogP contribution < -0.4 is 5.73 Å². The number of hydrogen-bond donors (Lipinski definition) is 1. The fraction of sp³-hybridized carbons (Fsp3) is 0.143. The fourth-order valence-corrected chi connectivity index (χ4v) is 2.46. The SMILES string of the molecule is Cc1c(Br)ccc(-n2nc3ccc(N)cc3n2)c1C. The highest BCUT2D eigenvalue weighted by atomic mass is 79.9. The van der Waals surface area contributed by atoms with Crippen molar-refractivity contribution < 1.29 is 0 Å². The second-order valence-electron chi connectivity index (χ2n) is 4.55. The largest absolute Gasteiger partial charge is 0.399 e. The molecule has 19 heavy (non-hydrogen) atoms. The number of benzene rings is 2. The molecule has 0 amide bonds. The predicted molar refractivity (Wildman–Crippen MR) is 80.5 cm³/mol. The van der Waals surface area contributed by atoms with Crippen LogP contribution in [0.5, 0.6) is 0 Å². The van der Waals surface area contributed by atoms with Crippen LogP contribution >= 0.6 is 15.9 Å².